The molecule has 19 heavy (non-hydrogen) atoms. The summed E-state index contributed by atoms with van der Waals surface area (Å²) in [6, 6.07) is 6.57. The van der Waals surface area contributed by atoms with E-state index < -0.39 is 16.1 Å². The molecule has 0 radical (unpaired) electrons. The van der Waals surface area contributed by atoms with Crippen molar-refractivity contribution in [3.8, 4) is 0 Å². The van der Waals surface area contributed by atoms with Crippen LogP contribution < -0.4 is 0 Å². The molecular weight excluding hydrogens is 262 g/mol. The van der Waals surface area contributed by atoms with Crippen LogP contribution in [0.1, 0.15) is 31.7 Å². The van der Waals surface area contributed by atoms with Gasteiger partial charge < -0.3 is 5.11 Å². The van der Waals surface area contributed by atoms with Gasteiger partial charge in [-0.25, -0.2) is 8.42 Å². The van der Waals surface area contributed by atoms with Crippen molar-refractivity contribution in [1.82, 2.24) is 4.31 Å². The Morgan fingerprint density at radius 2 is 1.89 bits per heavy atom. The molecule has 1 N–H and O–H groups in total. The fraction of sp³-hybridized carbons (Fsp3) is 0.571. The van der Waals surface area contributed by atoms with E-state index in [-0.39, 0.29) is 6.04 Å². The summed E-state index contributed by atoms with van der Waals surface area (Å²) in [4.78, 5) is 0.311. The molecule has 0 aliphatic carbocycles. The second-order valence-corrected chi connectivity index (χ2v) is 7.12. The summed E-state index contributed by atoms with van der Waals surface area (Å²) in [5, 5.41) is 9.80. The molecule has 0 aromatic heterocycles. The largest absolute Gasteiger partial charge is 0.392 e. The van der Waals surface area contributed by atoms with Crippen molar-refractivity contribution in [2.75, 3.05) is 6.54 Å². The van der Waals surface area contributed by atoms with E-state index in [1.807, 2.05) is 6.92 Å². The summed E-state index contributed by atoms with van der Waals surface area (Å²) in [6.07, 6.45) is 1.91. The number of aliphatic hydroxyl groups excluding tert-OH is 1. The standard InChI is InChI=1S/C14H21NO3S/c1-11-6-8-13(9-7-11)19(17,18)15-10-4-3-5-14(15)12(2)16/h6-9,12,14,16H,3-5,10H2,1-2H3. The second kappa shape index (κ2) is 5.61. The molecule has 5 heteroatoms. The predicted molar refractivity (Wildman–Crippen MR) is 74.4 cm³/mol. The Bertz CT molecular complexity index is 522. The molecule has 1 aromatic carbocycles. The fourth-order valence-corrected chi connectivity index (χ4v) is 4.32. The highest BCUT2D eigenvalue weighted by Gasteiger charge is 2.35. The number of piperidine rings is 1. The van der Waals surface area contributed by atoms with Gasteiger partial charge in [0.25, 0.3) is 0 Å². The van der Waals surface area contributed by atoms with Gasteiger partial charge in [-0.2, -0.15) is 4.31 Å². The van der Waals surface area contributed by atoms with Crippen LogP contribution in [0.3, 0.4) is 0 Å². The van der Waals surface area contributed by atoms with Crippen molar-refractivity contribution in [2.24, 2.45) is 0 Å². The molecule has 1 aromatic rings. The van der Waals surface area contributed by atoms with Crippen molar-refractivity contribution in [2.45, 2.75) is 50.2 Å². The van der Waals surface area contributed by atoms with Gasteiger partial charge in [0, 0.05) is 6.54 Å². The summed E-state index contributed by atoms with van der Waals surface area (Å²) in [6.45, 7) is 4.08. The summed E-state index contributed by atoms with van der Waals surface area (Å²) in [5.74, 6) is 0. The van der Waals surface area contributed by atoms with Gasteiger partial charge in [0.15, 0.2) is 0 Å². The number of hydrogen-bond donors (Lipinski definition) is 1. The lowest BCUT2D eigenvalue weighted by Crippen LogP contribution is -2.48. The van der Waals surface area contributed by atoms with E-state index in [1.54, 1.807) is 31.2 Å². The Morgan fingerprint density at radius 3 is 2.47 bits per heavy atom. The molecule has 1 saturated heterocycles. The molecule has 1 aliphatic rings. The first-order valence-electron chi connectivity index (χ1n) is 6.69. The molecule has 1 fully saturated rings. The van der Waals surface area contributed by atoms with Crippen LogP contribution in [0.5, 0.6) is 0 Å². The minimum Gasteiger partial charge on any atom is -0.392 e. The predicted octanol–water partition coefficient (Wildman–Crippen LogP) is 1.92. The molecule has 2 rings (SSSR count). The van der Waals surface area contributed by atoms with E-state index >= 15 is 0 Å². The van der Waals surface area contributed by atoms with Gasteiger partial charge >= 0.3 is 0 Å². The van der Waals surface area contributed by atoms with E-state index in [0.29, 0.717) is 11.4 Å². The number of aliphatic hydroxyl groups is 1. The first kappa shape index (κ1) is 14.5. The summed E-state index contributed by atoms with van der Waals surface area (Å²) in [7, 11) is -3.50. The zero-order valence-electron chi connectivity index (χ0n) is 11.4. The molecule has 0 amide bonds. The normalized spacial score (nSPS) is 23.2. The third kappa shape index (κ3) is 2.99. The first-order chi connectivity index (χ1) is 8.93. The lowest BCUT2D eigenvalue weighted by molar-refractivity contribution is 0.0831. The highest BCUT2D eigenvalue weighted by atomic mass is 32.2. The Hall–Kier alpha value is -0.910. The van der Waals surface area contributed by atoms with Crippen LogP contribution in [-0.2, 0) is 10.0 Å². The Balaban J connectivity index is 2.34. The Kier molecular flexibility index (Phi) is 4.28. The topological polar surface area (TPSA) is 57.6 Å². The lowest BCUT2D eigenvalue weighted by atomic mass is 10.0. The van der Waals surface area contributed by atoms with E-state index in [4.69, 9.17) is 0 Å². The quantitative estimate of drug-likeness (QED) is 0.922. The number of nitrogens with zero attached hydrogens (tertiary/aromatic N) is 1. The van der Waals surface area contributed by atoms with Gasteiger partial charge in [0.1, 0.15) is 0 Å². The highest BCUT2D eigenvalue weighted by molar-refractivity contribution is 7.89. The molecule has 0 saturated carbocycles. The van der Waals surface area contributed by atoms with E-state index in [2.05, 4.69) is 0 Å². The number of aryl methyl sites for hydroxylation is 1. The van der Waals surface area contributed by atoms with Crippen molar-refractivity contribution < 1.29 is 13.5 Å². The average Bonchev–Trinajstić information content (AvgIpc) is 2.39. The molecule has 1 heterocycles. The molecule has 1 aliphatic heterocycles. The minimum absolute atomic E-state index is 0.306. The fourth-order valence-electron chi connectivity index (χ4n) is 2.56. The molecule has 4 nitrogen and oxygen atoms in total. The highest BCUT2D eigenvalue weighted by Crippen LogP contribution is 2.27. The monoisotopic (exact) mass is 283 g/mol. The van der Waals surface area contributed by atoms with Crippen LogP contribution in [0.2, 0.25) is 0 Å². The maximum absolute atomic E-state index is 12.6. The van der Waals surface area contributed by atoms with Gasteiger partial charge in [-0.3, -0.25) is 0 Å². The summed E-state index contributed by atoms with van der Waals surface area (Å²) >= 11 is 0. The molecule has 106 valence electrons. The second-order valence-electron chi connectivity index (χ2n) is 5.23. The van der Waals surface area contributed by atoms with Crippen LogP contribution >= 0.6 is 0 Å². The van der Waals surface area contributed by atoms with Crippen LogP contribution in [0.4, 0.5) is 0 Å². The first-order valence-corrected chi connectivity index (χ1v) is 8.13. The SMILES string of the molecule is Cc1ccc(S(=O)(=O)N2CCCCC2C(C)O)cc1. The number of sulfonamides is 1. The maximum atomic E-state index is 12.6. The number of rotatable bonds is 3. The lowest BCUT2D eigenvalue weighted by Gasteiger charge is -2.36. The molecule has 0 bridgehead atoms. The van der Waals surface area contributed by atoms with E-state index in [1.165, 1.54) is 4.31 Å². The number of hydrogen-bond acceptors (Lipinski definition) is 3. The zero-order valence-corrected chi connectivity index (χ0v) is 12.2. The van der Waals surface area contributed by atoms with Gasteiger partial charge in [-0.05, 0) is 38.8 Å². The molecular formula is C14H21NO3S. The van der Waals surface area contributed by atoms with Crippen molar-refractivity contribution in [3.05, 3.63) is 29.8 Å². The van der Waals surface area contributed by atoms with Gasteiger partial charge in [0.2, 0.25) is 10.0 Å². The van der Waals surface area contributed by atoms with Gasteiger partial charge in [-0.1, -0.05) is 24.1 Å². The van der Waals surface area contributed by atoms with E-state index in [0.717, 1.165) is 24.8 Å². The van der Waals surface area contributed by atoms with E-state index in [9.17, 15) is 13.5 Å². The van der Waals surface area contributed by atoms with Gasteiger partial charge in [0.05, 0.1) is 17.0 Å². The van der Waals surface area contributed by atoms with Crippen molar-refractivity contribution in [3.63, 3.8) is 0 Å². The average molecular weight is 283 g/mol. The van der Waals surface area contributed by atoms with Crippen molar-refractivity contribution >= 4 is 10.0 Å². The van der Waals surface area contributed by atoms with Crippen LogP contribution in [0.25, 0.3) is 0 Å². The van der Waals surface area contributed by atoms with Crippen LogP contribution in [-0.4, -0.2) is 36.5 Å². The molecule has 2 unspecified atom stereocenters. The summed E-state index contributed by atoms with van der Waals surface area (Å²) in [5.41, 5.74) is 1.03. The minimum atomic E-state index is -3.50. The molecule has 0 spiro atoms. The summed E-state index contributed by atoms with van der Waals surface area (Å²) < 4.78 is 26.7. The zero-order chi connectivity index (χ0) is 14.0. The molecule has 2 atom stereocenters. The van der Waals surface area contributed by atoms with Gasteiger partial charge in [-0.15, -0.1) is 0 Å². The maximum Gasteiger partial charge on any atom is 0.243 e. The third-order valence-electron chi connectivity index (χ3n) is 3.68. The van der Waals surface area contributed by atoms with Crippen LogP contribution in [0.15, 0.2) is 29.2 Å². The number of benzene rings is 1. The van der Waals surface area contributed by atoms with Crippen molar-refractivity contribution in [1.29, 1.82) is 0 Å². The Labute approximate surface area is 115 Å². The Morgan fingerprint density at radius 1 is 1.26 bits per heavy atom. The smallest absolute Gasteiger partial charge is 0.243 e. The third-order valence-corrected chi connectivity index (χ3v) is 5.62. The van der Waals surface area contributed by atoms with Crippen LogP contribution in [0, 0.1) is 6.92 Å².